The van der Waals surface area contributed by atoms with Crippen LogP contribution in [0.15, 0.2) is 45.6 Å². The van der Waals surface area contributed by atoms with E-state index >= 15 is 0 Å². The molecule has 0 saturated heterocycles. The summed E-state index contributed by atoms with van der Waals surface area (Å²) in [7, 11) is 0. The number of phenolic OH excluding ortho intramolecular Hbond substituents is 2. The minimum Gasteiger partial charge on any atom is -0.506 e. The van der Waals surface area contributed by atoms with Crippen LogP contribution in [0.3, 0.4) is 0 Å². The third kappa shape index (κ3) is 4.38. The summed E-state index contributed by atoms with van der Waals surface area (Å²) in [6, 6.07) is 10.0. The van der Waals surface area contributed by atoms with Crippen molar-refractivity contribution in [3.63, 3.8) is 0 Å². The topological polar surface area (TPSA) is 105 Å². The van der Waals surface area contributed by atoms with E-state index in [1.54, 1.807) is 30.3 Å². The molecule has 0 fully saturated rings. The van der Waals surface area contributed by atoms with Crippen molar-refractivity contribution in [3.05, 3.63) is 57.9 Å². The molecule has 0 aliphatic rings. The molecule has 3 aromatic rings. The molecule has 0 saturated carbocycles. The number of hydrogen-bond donors (Lipinski definition) is 2. The lowest BCUT2D eigenvalue weighted by atomic mass is 9.89. The van der Waals surface area contributed by atoms with Gasteiger partial charge in [-0.15, -0.1) is 0 Å². The van der Waals surface area contributed by atoms with Gasteiger partial charge in [0.15, 0.2) is 17.1 Å². The van der Waals surface area contributed by atoms with Gasteiger partial charge in [0.2, 0.25) is 0 Å². The third-order valence-corrected chi connectivity index (χ3v) is 4.97. The highest BCUT2D eigenvalue weighted by atomic mass is 16.4. The highest BCUT2D eigenvalue weighted by Gasteiger charge is 2.31. The molecular formula is C25H26O6. The summed E-state index contributed by atoms with van der Waals surface area (Å²) in [5, 5.41) is 22.1. The first kappa shape index (κ1) is 22.3. The lowest BCUT2D eigenvalue weighted by Crippen LogP contribution is -2.12. The molecule has 6 nitrogen and oxygen atoms in total. The van der Waals surface area contributed by atoms with E-state index in [9.17, 15) is 24.6 Å². The molecule has 0 radical (unpaired) electrons. The monoisotopic (exact) mass is 422 g/mol. The van der Waals surface area contributed by atoms with Gasteiger partial charge in [-0.2, -0.15) is 0 Å². The van der Waals surface area contributed by atoms with Crippen molar-refractivity contribution < 1.29 is 24.2 Å². The highest BCUT2D eigenvalue weighted by Crippen LogP contribution is 2.44. The Bertz CT molecular complexity index is 1200. The Morgan fingerprint density at radius 2 is 1.42 bits per heavy atom. The van der Waals surface area contributed by atoms with E-state index in [-0.39, 0.29) is 46.8 Å². The number of carbonyl (C=O) groups excluding carboxylic acids is 2. The van der Waals surface area contributed by atoms with Crippen LogP contribution in [0.5, 0.6) is 11.5 Å². The Labute approximate surface area is 180 Å². The van der Waals surface area contributed by atoms with E-state index in [0.717, 1.165) is 0 Å². The second kappa shape index (κ2) is 8.76. The first-order chi connectivity index (χ1) is 14.6. The fourth-order valence-corrected chi connectivity index (χ4v) is 3.69. The number of Topliss-reactive ketones (excluding diaryl/α,β-unsaturated/α-hetero) is 2. The normalized spacial score (nSPS) is 11.4. The zero-order valence-corrected chi connectivity index (χ0v) is 18.1. The van der Waals surface area contributed by atoms with Gasteiger partial charge in [-0.3, -0.25) is 9.59 Å². The van der Waals surface area contributed by atoms with E-state index in [0.29, 0.717) is 11.1 Å². The maximum Gasteiger partial charge on any atom is 0.336 e. The number of aromatic hydroxyl groups is 2. The zero-order valence-electron chi connectivity index (χ0n) is 18.1. The maximum atomic E-state index is 13.0. The molecule has 3 rings (SSSR count). The number of ketones is 2. The molecule has 0 aliphatic carbocycles. The first-order valence-electron chi connectivity index (χ1n) is 10.3. The standard InChI is InChI=1S/C25H26O6/c1-13(2)10-17(26)21-23(29)20-16(15-8-6-5-7-9-15)12-19(28)31-25(20)22(24(21)30)18(27)11-14(3)4/h5-9,12-14,29-30H,10-11H2,1-4H3. The summed E-state index contributed by atoms with van der Waals surface area (Å²) in [5.41, 5.74) is -0.589. The average Bonchev–Trinajstić information content (AvgIpc) is 2.66. The number of benzene rings is 2. The van der Waals surface area contributed by atoms with Crippen molar-refractivity contribution in [3.8, 4) is 22.6 Å². The molecule has 0 bridgehead atoms. The Kier molecular flexibility index (Phi) is 6.29. The van der Waals surface area contributed by atoms with Gasteiger partial charge in [0, 0.05) is 24.5 Å². The molecule has 0 amide bonds. The molecule has 31 heavy (non-hydrogen) atoms. The minimum absolute atomic E-state index is 0.0286. The molecule has 1 aromatic heterocycles. The van der Waals surface area contributed by atoms with Crippen LogP contribution < -0.4 is 5.63 Å². The van der Waals surface area contributed by atoms with Gasteiger partial charge in [0.1, 0.15) is 22.6 Å². The number of phenols is 2. The Balaban J connectivity index is 2.48. The van der Waals surface area contributed by atoms with Crippen LogP contribution in [-0.2, 0) is 0 Å². The smallest absolute Gasteiger partial charge is 0.336 e. The van der Waals surface area contributed by atoms with Gasteiger partial charge in [-0.25, -0.2) is 4.79 Å². The quantitative estimate of drug-likeness (QED) is 0.394. The van der Waals surface area contributed by atoms with E-state index < -0.39 is 28.7 Å². The highest BCUT2D eigenvalue weighted by molar-refractivity contribution is 6.18. The summed E-state index contributed by atoms with van der Waals surface area (Å²) >= 11 is 0. The molecule has 2 aromatic carbocycles. The van der Waals surface area contributed by atoms with Crippen LogP contribution in [-0.4, -0.2) is 21.8 Å². The molecule has 2 N–H and O–H groups in total. The van der Waals surface area contributed by atoms with Crippen LogP contribution in [0.2, 0.25) is 0 Å². The lowest BCUT2D eigenvalue weighted by molar-refractivity contribution is 0.0962. The number of hydrogen-bond acceptors (Lipinski definition) is 6. The van der Waals surface area contributed by atoms with Crippen molar-refractivity contribution in [1.82, 2.24) is 0 Å². The summed E-state index contributed by atoms with van der Waals surface area (Å²) < 4.78 is 5.33. The number of carbonyl (C=O) groups is 2. The van der Waals surface area contributed by atoms with Crippen LogP contribution in [0.1, 0.15) is 61.3 Å². The second-order valence-corrected chi connectivity index (χ2v) is 8.54. The first-order valence-corrected chi connectivity index (χ1v) is 10.3. The minimum atomic E-state index is -0.731. The van der Waals surface area contributed by atoms with Gasteiger partial charge in [0.05, 0.1) is 5.39 Å². The molecule has 6 heteroatoms. The van der Waals surface area contributed by atoms with Crippen molar-refractivity contribution in [2.24, 2.45) is 11.8 Å². The average molecular weight is 422 g/mol. The Hall–Kier alpha value is -3.41. The van der Waals surface area contributed by atoms with Gasteiger partial charge in [0.25, 0.3) is 0 Å². The number of fused-ring (bicyclic) bond motifs is 1. The molecule has 0 aliphatic heterocycles. The van der Waals surface area contributed by atoms with E-state index in [1.165, 1.54) is 6.07 Å². The van der Waals surface area contributed by atoms with Crippen molar-refractivity contribution in [2.45, 2.75) is 40.5 Å². The van der Waals surface area contributed by atoms with Crippen LogP contribution in [0.25, 0.3) is 22.1 Å². The van der Waals surface area contributed by atoms with Crippen molar-refractivity contribution in [2.75, 3.05) is 0 Å². The predicted molar refractivity (Wildman–Crippen MR) is 119 cm³/mol. The summed E-state index contributed by atoms with van der Waals surface area (Å²) in [6.45, 7) is 7.36. The van der Waals surface area contributed by atoms with Crippen LogP contribution in [0, 0.1) is 11.8 Å². The largest absolute Gasteiger partial charge is 0.506 e. The van der Waals surface area contributed by atoms with Crippen LogP contribution in [0.4, 0.5) is 0 Å². The fourth-order valence-electron chi connectivity index (χ4n) is 3.69. The van der Waals surface area contributed by atoms with E-state index in [2.05, 4.69) is 0 Å². The van der Waals surface area contributed by atoms with Crippen molar-refractivity contribution in [1.29, 1.82) is 0 Å². The Morgan fingerprint density at radius 3 is 1.97 bits per heavy atom. The molecule has 0 atom stereocenters. The molecule has 1 heterocycles. The fraction of sp³-hybridized carbons (Fsp3) is 0.320. The van der Waals surface area contributed by atoms with Gasteiger partial charge >= 0.3 is 5.63 Å². The zero-order chi connectivity index (χ0) is 22.9. The second-order valence-electron chi connectivity index (χ2n) is 8.54. The number of rotatable bonds is 7. The van der Waals surface area contributed by atoms with Gasteiger partial charge in [-0.05, 0) is 17.4 Å². The summed E-state index contributed by atoms with van der Waals surface area (Å²) in [6.07, 6.45) is 0.145. The van der Waals surface area contributed by atoms with E-state index in [4.69, 9.17) is 4.42 Å². The van der Waals surface area contributed by atoms with E-state index in [1.807, 2.05) is 27.7 Å². The maximum absolute atomic E-state index is 13.0. The van der Waals surface area contributed by atoms with Crippen LogP contribution >= 0.6 is 0 Å². The van der Waals surface area contributed by atoms with Crippen molar-refractivity contribution >= 4 is 22.5 Å². The third-order valence-electron chi connectivity index (χ3n) is 4.97. The summed E-state index contributed by atoms with van der Waals surface area (Å²) in [4.78, 5) is 38.3. The molecule has 0 unspecified atom stereocenters. The SMILES string of the molecule is CC(C)CC(=O)c1c(O)c(C(=O)CC(C)C)c2oc(=O)cc(-c3ccccc3)c2c1O. The molecule has 0 spiro atoms. The van der Waals surface area contributed by atoms with Gasteiger partial charge in [-0.1, -0.05) is 58.0 Å². The lowest BCUT2D eigenvalue weighted by Gasteiger charge is -2.17. The molecule has 162 valence electrons. The Morgan fingerprint density at radius 1 is 0.871 bits per heavy atom. The predicted octanol–water partition coefficient (Wildman–Crippen LogP) is 5.33. The molecular weight excluding hydrogens is 396 g/mol. The van der Waals surface area contributed by atoms with Gasteiger partial charge < -0.3 is 14.6 Å². The summed E-state index contributed by atoms with van der Waals surface area (Å²) in [5.74, 6) is -2.16.